The molecule has 0 radical (unpaired) electrons. The number of likely N-dealkylation sites (N-methyl/N-ethyl adjacent to an activating group) is 1. The number of rotatable bonds is 11. The van der Waals surface area contributed by atoms with E-state index >= 15 is 0 Å². The summed E-state index contributed by atoms with van der Waals surface area (Å²) in [6.07, 6.45) is 9.11. The van der Waals surface area contributed by atoms with Crippen LogP contribution in [-0.4, -0.2) is 27.3 Å². The van der Waals surface area contributed by atoms with Crippen LogP contribution in [0.25, 0.3) is 0 Å². The molecule has 0 bridgehead atoms. The molecule has 1 unspecified atom stereocenters. The lowest BCUT2D eigenvalue weighted by Gasteiger charge is -2.17. The van der Waals surface area contributed by atoms with E-state index in [1.54, 1.807) is 14.2 Å². The molecule has 0 spiro atoms. The molecule has 0 aliphatic heterocycles. The molecule has 0 heterocycles. The number of benzene rings is 1. The smallest absolute Gasteiger partial charge is 0.160 e. The van der Waals surface area contributed by atoms with Crippen LogP contribution in [0.2, 0.25) is 0 Å². The molecule has 0 amide bonds. The fraction of sp³-hybridized carbons (Fsp3) is 0.556. The van der Waals surface area contributed by atoms with Crippen molar-refractivity contribution in [2.75, 3.05) is 21.3 Å². The van der Waals surface area contributed by atoms with Crippen LogP contribution in [0.1, 0.15) is 37.7 Å². The van der Waals surface area contributed by atoms with Crippen LogP contribution in [0.4, 0.5) is 0 Å². The van der Waals surface area contributed by atoms with E-state index in [0.717, 1.165) is 24.3 Å². The highest BCUT2D eigenvalue weighted by atomic mass is 16.5. The zero-order valence-electron chi connectivity index (χ0n) is 13.7. The predicted molar refractivity (Wildman–Crippen MR) is 89.4 cm³/mol. The second-order valence-corrected chi connectivity index (χ2v) is 5.31. The Labute approximate surface area is 129 Å². The maximum absolute atomic E-state index is 5.36. The minimum absolute atomic E-state index is 0.506. The largest absolute Gasteiger partial charge is 0.493 e. The third kappa shape index (κ3) is 6.21. The van der Waals surface area contributed by atoms with Gasteiger partial charge in [-0.1, -0.05) is 25.0 Å². The maximum Gasteiger partial charge on any atom is 0.160 e. The molecule has 1 rings (SSSR count). The first-order chi connectivity index (χ1) is 10.2. The van der Waals surface area contributed by atoms with Gasteiger partial charge in [0.2, 0.25) is 0 Å². The minimum Gasteiger partial charge on any atom is -0.493 e. The Kier molecular flexibility index (Phi) is 8.60. The lowest BCUT2D eigenvalue weighted by Crippen LogP contribution is -2.27. The van der Waals surface area contributed by atoms with Gasteiger partial charge in [0.1, 0.15) is 0 Å². The summed E-state index contributed by atoms with van der Waals surface area (Å²) in [5, 5.41) is 3.42. The van der Waals surface area contributed by atoms with Gasteiger partial charge in [-0.15, -0.1) is 6.58 Å². The first-order valence-corrected chi connectivity index (χ1v) is 7.74. The summed E-state index contributed by atoms with van der Waals surface area (Å²) in [5.41, 5.74) is 1.28. The van der Waals surface area contributed by atoms with E-state index < -0.39 is 0 Å². The number of methoxy groups -OCH3 is 2. The summed E-state index contributed by atoms with van der Waals surface area (Å²) in [6.45, 7) is 3.76. The van der Waals surface area contributed by atoms with E-state index in [1.807, 2.05) is 19.2 Å². The number of allylic oxidation sites excluding steroid dienone is 1. The van der Waals surface area contributed by atoms with Crippen molar-refractivity contribution in [3.63, 3.8) is 0 Å². The van der Waals surface area contributed by atoms with Crippen molar-refractivity contribution in [1.29, 1.82) is 0 Å². The van der Waals surface area contributed by atoms with Gasteiger partial charge in [0, 0.05) is 6.04 Å². The van der Waals surface area contributed by atoms with E-state index in [-0.39, 0.29) is 0 Å². The van der Waals surface area contributed by atoms with Gasteiger partial charge in [-0.25, -0.2) is 0 Å². The molecular weight excluding hydrogens is 262 g/mol. The summed E-state index contributed by atoms with van der Waals surface area (Å²) < 4.78 is 10.6. The van der Waals surface area contributed by atoms with Crippen LogP contribution in [0.3, 0.4) is 0 Å². The second kappa shape index (κ2) is 10.3. The van der Waals surface area contributed by atoms with Crippen molar-refractivity contribution in [2.45, 2.75) is 44.6 Å². The van der Waals surface area contributed by atoms with Gasteiger partial charge in [0.05, 0.1) is 14.2 Å². The van der Waals surface area contributed by atoms with Crippen molar-refractivity contribution in [2.24, 2.45) is 0 Å². The fourth-order valence-electron chi connectivity index (χ4n) is 2.50. The third-order valence-corrected chi connectivity index (χ3v) is 3.80. The van der Waals surface area contributed by atoms with E-state index in [9.17, 15) is 0 Å². The summed E-state index contributed by atoms with van der Waals surface area (Å²) in [5.74, 6) is 1.59. The first-order valence-electron chi connectivity index (χ1n) is 7.74. The Morgan fingerprint density at radius 2 is 1.90 bits per heavy atom. The number of hydrogen-bond acceptors (Lipinski definition) is 3. The molecule has 21 heavy (non-hydrogen) atoms. The molecular formula is C18H29NO2. The molecule has 118 valence electrons. The van der Waals surface area contributed by atoms with Crippen LogP contribution in [0.15, 0.2) is 30.9 Å². The lowest BCUT2D eigenvalue weighted by molar-refractivity contribution is 0.354. The van der Waals surface area contributed by atoms with Gasteiger partial charge >= 0.3 is 0 Å². The van der Waals surface area contributed by atoms with Crippen molar-refractivity contribution in [1.82, 2.24) is 5.32 Å². The average molecular weight is 291 g/mol. The molecule has 3 nitrogen and oxygen atoms in total. The first kappa shape index (κ1) is 17.6. The molecule has 0 saturated carbocycles. The zero-order valence-corrected chi connectivity index (χ0v) is 13.7. The van der Waals surface area contributed by atoms with Gasteiger partial charge in [0.15, 0.2) is 11.5 Å². The Hall–Kier alpha value is -1.48. The van der Waals surface area contributed by atoms with Crippen LogP contribution in [-0.2, 0) is 6.42 Å². The Morgan fingerprint density at radius 3 is 2.52 bits per heavy atom. The number of unbranched alkanes of at least 4 members (excludes halogenated alkanes) is 3. The minimum atomic E-state index is 0.506. The summed E-state index contributed by atoms with van der Waals surface area (Å²) in [6, 6.07) is 6.67. The van der Waals surface area contributed by atoms with E-state index in [2.05, 4.69) is 24.0 Å². The van der Waals surface area contributed by atoms with E-state index in [0.29, 0.717) is 6.04 Å². The molecule has 0 aliphatic carbocycles. The topological polar surface area (TPSA) is 30.5 Å². The molecule has 0 aliphatic rings. The molecule has 0 fully saturated rings. The molecule has 0 saturated heterocycles. The fourth-order valence-corrected chi connectivity index (χ4v) is 2.50. The average Bonchev–Trinajstić information content (AvgIpc) is 2.53. The number of ether oxygens (including phenoxy) is 2. The molecule has 1 aromatic carbocycles. The zero-order chi connectivity index (χ0) is 15.5. The van der Waals surface area contributed by atoms with E-state index in [4.69, 9.17) is 9.47 Å². The normalized spacial score (nSPS) is 12.0. The third-order valence-electron chi connectivity index (χ3n) is 3.80. The number of hydrogen-bond donors (Lipinski definition) is 1. The molecule has 3 heteroatoms. The maximum atomic E-state index is 5.36. The van der Waals surface area contributed by atoms with Crippen molar-refractivity contribution in [3.05, 3.63) is 36.4 Å². The predicted octanol–water partition coefficient (Wildman–Crippen LogP) is 3.97. The monoisotopic (exact) mass is 291 g/mol. The SMILES string of the molecule is C=CCCCCCC(Cc1ccc(OC)c(OC)c1)NC. The quantitative estimate of drug-likeness (QED) is 0.494. The highest BCUT2D eigenvalue weighted by molar-refractivity contribution is 5.43. The van der Waals surface area contributed by atoms with Crippen LogP contribution in [0, 0.1) is 0 Å². The lowest BCUT2D eigenvalue weighted by atomic mass is 10.00. The van der Waals surface area contributed by atoms with Crippen LogP contribution >= 0.6 is 0 Å². The number of nitrogens with one attached hydrogen (secondary N) is 1. The van der Waals surface area contributed by atoms with Gasteiger partial charge in [-0.3, -0.25) is 0 Å². The van der Waals surface area contributed by atoms with Crippen LogP contribution < -0.4 is 14.8 Å². The summed E-state index contributed by atoms with van der Waals surface area (Å²) in [4.78, 5) is 0. The molecule has 1 N–H and O–H groups in total. The van der Waals surface area contributed by atoms with Gasteiger partial charge in [0.25, 0.3) is 0 Å². The Bertz CT molecular complexity index is 418. The van der Waals surface area contributed by atoms with Crippen molar-refractivity contribution >= 4 is 0 Å². The molecule has 1 aromatic rings. The van der Waals surface area contributed by atoms with E-state index in [1.165, 1.54) is 31.2 Å². The Balaban J connectivity index is 2.50. The highest BCUT2D eigenvalue weighted by Gasteiger charge is 2.10. The highest BCUT2D eigenvalue weighted by Crippen LogP contribution is 2.28. The summed E-state index contributed by atoms with van der Waals surface area (Å²) >= 11 is 0. The second-order valence-electron chi connectivity index (χ2n) is 5.31. The van der Waals surface area contributed by atoms with Gasteiger partial charge < -0.3 is 14.8 Å². The van der Waals surface area contributed by atoms with Crippen molar-refractivity contribution in [3.8, 4) is 11.5 Å². The standard InChI is InChI=1S/C18H29NO2/c1-5-6-7-8-9-10-16(19-2)13-15-11-12-17(20-3)18(14-15)21-4/h5,11-12,14,16,19H,1,6-10,13H2,2-4H3. The molecule has 0 aromatic heterocycles. The van der Waals surface area contributed by atoms with Gasteiger partial charge in [-0.2, -0.15) is 0 Å². The van der Waals surface area contributed by atoms with Crippen LogP contribution in [0.5, 0.6) is 11.5 Å². The Morgan fingerprint density at radius 1 is 1.14 bits per heavy atom. The summed E-state index contributed by atoms with van der Waals surface area (Å²) in [7, 11) is 5.38. The van der Waals surface area contributed by atoms with Crippen molar-refractivity contribution < 1.29 is 9.47 Å². The van der Waals surface area contributed by atoms with Gasteiger partial charge in [-0.05, 0) is 50.4 Å². The molecule has 1 atom stereocenters.